The Morgan fingerprint density at radius 1 is 0.957 bits per heavy atom. The summed E-state index contributed by atoms with van der Waals surface area (Å²) in [6.45, 7) is 28.9. The van der Waals surface area contributed by atoms with Crippen molar-refractivity contribution >= 4 is 28.0 Å². The number of hydrogen-bond donors (Lipinski definition) is 1. The third-order valence-electron chi connectivity index (χ3n) is 13.3. The van der Waals surface area contributed by atoms with E-state index < -0.39 is 16.6 Å². The van der Waals surface area contributed by atoms with Gasteiger partial charge in [-0.05, 0) is 129 Å². The molecular weight excluding hydrogens is 617 g/mol. The molecule has 3 aliphatic rings. The summed E-state index contributed by atoms with van der Waals surface area (Å²) in [5, 5.41) is 13.1. The van der Waals surface area contributed by atoms with Gasteiger partial charge in [0.2, 0.25) is 0 Å². The molecule has 0 amide bonds. The largest absolute Gasteiger partial charge is 0.414 e. The zero-order chi connectivity index (χ0) is 34.1. The first kappa shape index (κ1) is 38.3. The molecule has 3 aliphatic carbocycles. The van der Waals surface area contributed by atoms with Gasteiger partial charge in [-0.3, -0.25) is 0 Å². The van der Waals surface area contributed by atoms with Gasteiger partial charge in [0.25, 0.3) is 0 Å². The highest BCUT2D eigenvalue weighted by molar-refractivity contribution is 7.10. The van der Waals surface area contributed by atoms with Gasteiger partial charge in [-0.25, -0.2) is 0 Å². The van der Waals surface area contributed by atoms with Crippen LogP contribution in [0.3, 0.4) is 0 Å². The Labute approximate surface area is 290 Å². The van der Waals surface area contributed by atoms with E-state index in [4.69, 9.17) is 8.85 Å². The maximum atomic E-state index is 10.6. The normalized spacial score (nSPS) is 30.4. The standard InChI is InChI=1S/C40H70O3SSi2/c1-29(16-13-18-36(41)37-19-15-25-44-37)34-22-23-35-31(17-14-24-40(34,35)8)21-20-30-26-32(42-45(9,10)38(2,3)4)28-33(27-30)43-46(11,12)39(5,6)7/h15,19-21,25,29,32-36,41H,13-14,16-18,22-24,26-28H2,1-12H3/b31-21+/t29-,32-,33-,34-,35+,36?,40-/m1/s1. The van der Waals surface area contributed by atoms with Crippen molar-refractivity contribution in [1.82, 2.24) is 0 Å². The maximum Gasteiger partial charge on any atom is 0.192 e. The van der Waals surface area contributed by atoms with Crippen molar-refractivity contribution < 1.29 is 14.0 Å². The maximum absolute atomic E-state index is 10.6. The van der Waals surface area contributed by atoms with Gasteiger partial charge >= 0.3 is 0 Å². The van der Waals surface area contributed by atoms with Crippen LogP contribution in [0.2, 0.25) is 36.3 Å². The van der Waals surface area contributed by atoms with Gasteiger partial charge in [-0.1, -0.05) is 97.6 Å². The minimum atomic E-state index is -1.88. The van der Waals surface area contributed by atoms with E-state index in [1.54, 1.807) is 16.9 Å². The van der Waals surface area contributed by atoms with Gasteiger partial charge < -0.3 is 14.0 Å². The summed E-state index contributed by atoms with van der Waals surface area (Å²) < 4.78 is 14.2. The van der Waals surface area contributed by atoms with Crippen LogP contribution in [0.15, 0.2) is 40.8 Å². The zero-order valence-corrected chi connectivity index (χ0v) is 34.6. The van der Waals surface area contributed by atoms with Crippen LogP contribution in [-0.4, -0.2) is 33.9 Å². The first-order chi connectivity index (χ1) is 21.2. The highest BCUT2D eigenvalue weighted by atomic mass is 32.1. The highest BCUT2D eigenvalue weighted by Gasteiger charge is 2.50. The van der Waals surface area contributed by atoms with E-state index in [0.29, 0.717) is 17.3 Å². The number of allylic oxidation sites excluding steroid dienone is 3. The molecular formula is C40H70O3SSi2. The van der Waals surface area contributed by atoms with E-state index in [0.717, 1.165) is 42.9 Å². The van der Waals surface area contributed by atoms with E-state index in [-0.39, 0.29) is 28.4 Å². The van der Waals surface area contributed by atoms with Crippen molar-refractivity contribution in [2.24, 2.45) is 23.2 Å². The van der Waals surface area contributed by atoms with Crippen molar-refractivity contribution in [2.75, 3.05) is 0 Å². The average Bonchev–Trinajstić information content (AvgIpc) is 3.58. The SMILES string of the molecule is C[C@H](CCCC(O)c1cccs1)[C@H]1CC[C@H]2/C(=C/C=C3C[C@@H](O[Si](C)(C)C(C)(C)C)C[C@H](O[Si](C)(C)C(C)(C)C)C3)CCC[C@]12C. The smallest absolute Gasteiger partial charge is 0.192 e. The van der Waals surface area contributed by atoms with E-state index in [1.807, 2.05) is 6.07 Å². The van der Waals surface area contributed by atoms with Gasteiger partial charge in [-0.2, -0.15) is 0 Å². The van der Waals surface area contributed by atoms with Crippen LogP contribution >= 0.6 is 11.3 Å². The number of rotatable bonds is 11. The van der Waals surface area contributed by atoms with Crippen LogP contribution in [0.5, 0.6) is 0 Å². The van der Waals surface area contributed by atoms with Crippen LogP contribution in [-0.2, 0) is 8.85 Å². The van der Waals surface area contributed by atoms with Crippen LogP contribution < -0.4 is 0 Å². The lowest BCUT2D eigenvalue weighted by atomic mass is 9.60. The predicted octanol–water partition coefficient (Wildman–Crippen LogP) is 12.6. The molecule has 46 heavy (non-hydrogen) atoms. The Balaban J connectivity index is 1.47. The Kier molecular flexibility index (Phi) is 12.3. The van der Waals surface area contributed by atoms with Crippen molar-refractivity contribution in [2.45, 2.75) is 181 Å². The van der Waals surface area contributed by atoms with Crippen molar-refractivity contribution in [3.63, 3.8) is 0 Å². The molecule has 0 saturated heterocycles. The summed E-state index contributed by atoms with van der Waals surface area (Å²) in [4.78, 5) is 1.12. The highest BCUT2D eigenvalue weighted by Crippen LogP contribution is 2.60. The molecule has 7 atom stereocenters. The van der Waals surface area contributed by atoms with Gasteiger partial charge in [0, 0.05) is 4.88 Å². The summed E-state index contributed by atoms with van der Waals surface area (Å²) in [5.41, 5.74) is 3.65. The van der Waals surface area contributed by atoms with E-state index >= 15 is 0 Å². The number of hydrogen-bond acceptors (Lipinski definition) is 4. The topological polar surface area (TPSA) is 38.7 Å². The molecule has 262 valence electrons. The van der Waals surface area contributed by atoms with Gasteiger partial charge in [0.15, 0.2) is 16.6 Å². The summed E-state index contributed by atoms with van der Waals surface area (Å²) in [6, 6.07) is 4.12. The second-order valence-corrected chi connectivity index (χ2v) is 29.2. The second-order valence-electron chi connectivity index (χ2n) is 18.7. The van der Waals surface area contributed by atoms with E-state index in [1.165, 1.54) is 44.1 Å². The molecule has 3 fully saturated rings. The Hall–Kier alpha value is -0.506. The lowest BCUT2D eigenvalue weighted by Crippen LogP contribution is -2.48. The molecule has 0 aromatic carbocycles. The molecule has 0 spiro atoms. The van der Waals surface area contributed by atoms with Gasteiger partial charge in [0.1, 0.15) is 0 Å². The molecule has 0 bridgehead atoms. The molecule has 4 rings (SSSR count). The number of thiophene rings is 1. The van der Waals surface area contributed by atoms with Crippen LogP contribution in [0, 0.1) is 23.2 Å². The fraction of sp³-hybridized carbons (Fsp3) is 0.800. The van der Waals surface area contributed by atoms with Crippen molar-refractivity contribution in [3.8, 4) is 0 Å². The molecule has 1 N–H and O–H groups in total. The fourth-order valence-corrected chi connectivity index (χ4v) is 12.0. The number of fused-ring (bicyclic) bond motifs is 1. The minimum Gasteiger partial charge on any atom is -0.414 e. The quantitative estimate of drug-likeness (QED) is 0.235. The first-order valence-electron chi connectivity index (χ1n) is 18.7. The van der Waals surface area contributed by atoms with Crippen LogP contribution in [0.1, 0.15) is 137 Å². The summed E-state index contributed by atoms with van der Waals surface area (Å²) >= 11 is 1.68. The van der Waals surface area contributed by atoms with E-state index in [9.17, 15) is 5.11 Å². The minimum absolute atomic E-state index is 0.207. The first-order valence-corrected chi connectivity index (χ1v) is 25.4. The molecule has 0 aliphatic heterocycles. The third-order valence-corrected chi connectivity index (χ3v) is 23.4. The molecule has 3 nitrogen and oxygen atoms in total. The Morgan fingerprint density at radius 2 is 1.57 bits per heavy atom. The average molecular weight is 687 g/mol. The molecule has 0 radical (unpaired) electrons. The monoisotopic (exact) mass is 686 g/mol. The molecule has 6 heteroatoms. The van der Waals surface area contributed by atoms with Gasteiger partial charge in [-0.15, -0.1) is 11.3 Å². The molecule has 1 aromatic heterocycles. The second kappa shape index (κ2) is 14.8. The van der Waals surface area contributed by atoms with E-state index in [2.05, 4.69) is 105 Å². The van der Waals surface area contributed by atoms with Crippen molar-refractivity contribution in [3.05, 3.63) is 45.7 Å². The zero-order valence-electron chi connectivity index (χ0n) is 31.8. The lowest BCUT2D eigenvalue weighted by Gasteiger charge is -2.45. The molecule has 3 saturated carbocycles. The van der Waals surface area contributed by atoms with Crippen LogP contribution in [0.25, 0.3) is 0 Å². The lowest BCUT2D eigenvalue weighted by molar-refractivity contribution is 0.0725. The molecule has 1 aromatic rings. The summed E-state index contributed by atoms with van der Waals surface area (Å²) in [5.74, 6) is 2.21. The number of aliphatic hydroxyl groups excluding tert-OH is 1. The Morgan fingerprint density at radius 3 is 2.11 bits per heavy atom. The summed E-state index contributed by atoms with van der Waals surface area (Å²) in [6.07, 6.45) is 18.3. The number of aliphatic hydroxyl groups is 1. The van der Waals surface area contributed by atoms with Crippen molar-refractivity contribution in [1.29, 1.82) is 0 Å². The fourth-order valence-electron chi connectivity index (χ4n) is 8.53. The van der Waals surface area contributed by atoms with Gasteiger partial charge in [0.05, 0.1) is 18.3 Å². The molecule has 1 heterocycles. The van der Waals surface area contributed by atoms with Crippen LogP contribution in [0.4, 0.5) is 0 Å². The summed E-state index contributed by atoms with van der Waals surface area (Å²) in [7, 11) is -3.76. The predicted molar refractivity (Wildman–Crippen MR) is 205 cm³/mol. The Bertz CT molecular complexity index is 1150. The molecule has 1 unspecified atom stereocenters. The third kappa shape index (κ3) is 8.98.